The Morgan fingerprint density at radius 2 is 1.88 bits per heavy atom. The zero-order valence-corrected chi connectivity index (χ0v) is 30.7. The maximum atomic E-state index is 14.0. The molecule has 3 N–H and O–H groups in total. The number of aryl methyl sites for hydroxylation is 1. The molecule has 266 valence electrons. The van der Waals surface area contributed by atoms with Gasteiger partial charge in [-0.3, -0.25) is 0 Å². The van der Waals surface area contributed by atoms with Gasteiger partial charge in [-0.25, -0.2) is 13.2 Å². The second-order valence-electron chi connectivity index (χ2n) is 13.8. The average Bonchev–Trinajstić information content (AvgIpc) is 3.04. The normalized spacial score (nSPS) is 21.4. The first-order chi connectivity index (χ1) is 22.7. The first-order valence-corrected chi connectivity index (χ1v) is 19.0. The highest BCUT2D eigenvalue weighted by Crippen LogP contribution is 2.56. The Balaban J connectivity index is 1.67. The van der Waals surface area contributed by atoms with Crippen LogP contribution in [0.2, 0.25) is 5.02 Å². The van der Waals surface area contributed by atoms with E-state index in [0.717, 1.165) is 47.9 Å². The van der Waals surface area contributed by atoms with Gasteiger partial charge in [-0.1, -0.05) is 63.4 Å². The molecule has 2 saturated heterocycles. The van der Waals surface area contributed by atoms with Crippen LogP contribution in [0.15, 0.2) is 47.4 Å². The van der Waals surface area contributed by atoms with E-state index < -0.39 is 22.6 Å². The van der Waals surface area contributed by atoms with Crippen molar-refractivity contribution in [1.82, 2.24) is 4.31 Å². The van der Waals surface area contributed by atoms with E-state index in [9.17, 15) is 18.3 Å². The third-order valence-corrected chi connectivity index (χ3v) is 12.1. The minimum Gasteiger partial charge on any atom is -0.492 e. The largest absolute Gasteiger partial charge is 0.492 e. The van der Waals surface area contributed by atoms with Crippen LogP contribution in [-0.2, 0) is 19.6 Å². The van der Waals surface area contributed by atoms with E-state index >= 15 is 0 Å². The number of ether oxygens (including phenoxy) is 3. The molecule has 3 atom stereocenters. The van der Waals surface area contributed by atoms with Gasteiger partial charge in [0.05, 0.1) is 18.8 Å². The number of halogens is 1. The number of nitrogens with two attached hydrogens (primary N) is 1. The second-order valence-corrected chi connectivity index (χ2v) is 16.1. The quantitative estimate of drug-likeness (QED) is 0.143. The van der Waals surface area contributed by atoms with Gasteiger partial charge < -0.3 is 25.1 Å². The molecule has 11 heteroatoms. The number of carboxylic acid groups (broad SMARTS) is 1. The second kappa shape index (κ2) is 16.4. The lowest BCUT2D eigenvalue weighted by Gasteiger charge is -2.54. The van der Waals surface area contributed by atoms with Gasteiger partial charge in [-0.2, -0.15) is 4.31 Å². The molecule has 2 aromatic carbocycles. The Kier molecular flexibility index (Phi) is 13.0. The number of hydrogen-bond acceptors (Lipinski definition) is 7. The summed E-state index contributed by atoms with van der Waals surface area (Å²) in [6.07, 6.45) is 4.97. The fourth-order valence-corrected chi connectivity index (χ4v) is 9.05. The smallest absolute Gasteiger partial charge is 0.341 e. The Morgan fingerprint density at radius 3 is 2.48 bits per heavy atom. The Bertz CT molecular complexity index is 1550. The monoisotopic (exact) mass is 704 g/mol. The molecule has 0 aromatic heterocycles. The highest BCUT2D eigenvalue weighted by atomic mass is 35.5. The minimum absolute atomic E-state index is 0.0690. The van der Waals surface area contributed by atoms with E-state index in [-0.39, 0.29) is 40.1 Å². The molecular weight excluding hydrogens is 652 g/mol. The van der Waals surface area contributed by atoms with Crippen molar-refractivity contribution >= 4 is 27.6 Å². The van der Waals surface area contributed by atoms with Crippen LogP contribution in [0.3, 0.4) is 0 Å². The highest BCUT2D eigenvalue weighted by Gasteiger charge is 2.52. The molecule has 1 spiro atoms. The van der Waals surface area contributed by atoms with Gasteiger partial charge in [0.25, 0.3) is 0 Å². The summed E-state index contributed by atoms with van der Waals surface area (Å²) >= 11 is 6.28. The van der Waals surface area contributed by atoms with Crippen LogP contribution in [0.25, 0.3) is 0 Å². The molecule has 2 aromatic rings. The van der Waals surface area contributed by atoms with Crippen molar-refractivity contribution in [3.05, 3.63) is 64.2 Å². The number of carbonyl (C=O) groups is 1. The van der Waals surface area contributed by atoms with Crippen LogP contribution in [0.1, 0.15) is 101 Å². The van der Waals surface area contributed by atoms with Gasteiger partial charge in [-0.15, -0.1) is 0 Å². The van der Waals surface area contributed by atoms with Crippen LogP contribution in [0.4, 0.5) is 0 Å². The van der Waals surface area contributed by atoms with Crippen molar-refractivity contribution < 1.29 is 32.5 Å². The summed E-state index contributed by atoms with van der Waals surface area (Å²) in [7, 11) is -3.89. The van der Waals surface area contributed by atoms with Gasteiger partial charge in [0, 0.05) is 29.6 Å². The van der Waals surface area contributed by atoms with Crippen molar-refractivity contribution in [3.8, 4) is 11.5 Å². The van der Waals surface area contributed by atoms with Crippen molar-refractivity contribution in [3.63, 3.8) is 0 Å². The molecule has 2 aliphatic heterocycles. The molecular formula is C37H53ClN2O7S. The third-order valence-electron chi connectivity index (χ3n) is 9.96. The molecule has 0 aliphatic carbocycles. The summed E-state index contributed by atoms with van der Waals surface area (Å²) in [5, 5.41) is 9.79. The number of piperidine rings is 1. The lowest BCUT2D eigenvalue weighted by molar-refractivity contribution is -0.170. The minimum atomic E-state index is -3.89. The van der Waals surface area contributed by atoms with Crippen molar-refractivity contribution in [1.29, 1.82) is 0 Å². The number of benzene rings is 2. The molecule has 4 rings (SSSR count). The fourth-order valence-electron chi connectivity index (χ4n) is 7.21. The first-order valence-electron chi connectivity index (χ1n) is 17.2. The predicted octanol–water partition coefficient (Wildman–Crippen LogP) is 7.65. The molecule has 2 fully saturated rings. The zero-order valence-electron chi connectivity index (χ0n) is 29.1. The standard InChI is InChI=1S/C37H53ClN2O7S/c1-7-8-10-33-37(13-16-40(17-14-37)48(43,44)32-21-28(38)11-12-30(32)45-18-9-15-39)22-29(25(4)5)36(47-33)35-26(6)19-27(24(2)3)20-31(35)46-23-34(41)42/h11-12,19-21,24,29,33,36H,4,7-10,13-18,22-23,39H2,1-3,5-6H3,(H,41,42)/t29-,33+,36+/m0/s1. The van der Waals surface area contributed by atoms with Crippen LogP contribution in [-0.4, -0.2) is 62.8 Å². The number of hydrogen-bond donors (Lipinski definition) is 2. The lowest BCUT2D eigenvalue weighted by atomic mass is 9.63. The summed E-state index contributed by atoms with van der Waals surface area (Å²) < 4.78 is 48.6. The van der Waals surface area contributed by atoms with Crippen LogP contribution >= 0.6 is 11.6 Å². The predicted molar refractivity (Wildman–Crippen MR) is 190 cm³/mol. The lowest BCUT2D eigenvalue weighted by Crippen LogP contribution is -2.53. The molecule has 2 heterocycles. The van der Waals surface area contributed by atoms with Crippen LogP contribution in [0, 0.1) is 18.3 Å². The summed E-state index contributed by atoms with van der Waals surface area (Å²) in [6, 6.07) is 8.80. The molecule has 0 bridgehead atoms. The van der Waals surface area contributed by atoms with Gasteiger partial charge >= 0.3 is 5.97 Å². The molecule has 0 unspecified atom stereocenters. The molecule has 0 amide bonds. The summed E-state index contributed by atoms with van der Waals surface area (Å²) in [6.45, 7) is 15.8. The Morgan fingerprint density at radius 1 is 1.17 bits per heavy atom. The van der Waals surface area contributed by atoms with Gasteiger partial charge in [0.15, 0.2) is 6.61 Å². The maximum Gasteiger partial charge on any atom is 0.341 e. The van der Waals surface area contributed by atoms with E-state index in [1.54, 1.807) is 16.4 Å². The highest BCUT2D eigenvalue weighted by molar-refractivity contribution is 7.89. The van der Waals surface area contributed by atoms with Crippen molar-refractivity contribution in [2.45, 2.75) is 103 Å². The topological polar surface area (TPSA) is 128 Å². The number of sulfonamides is 1. The van der Waals surface area contributed by atoms with E-state index in [2.05, 4.69) is 33.4 Å². The summed E-state index contributed by atoms with van der Waals surface area (Å²) in [5.41, 5.74) is 9.27. The molecule has 48 heavy (non-hydrogen) atoms. The average molecular weight is 705 g/mol. The summed E-state index contributed by atoms with van der Waals surface area (Å²) in [4.78, 5) is 11.6. The zero-order chi connectivity index (χ0) is 35.2. The molecule has 9 nitrogen and oxygen atoms in total. The van der Waals surface area contributed by atoms with Crippen LogP contribution in [0.5, 0.6) is 11.5 Å². The van der Waals surface area contributed by atoms with Gasteiger partial charge in [-0.05, 0) is 99.2 Å². The van der Waals surface area contributed by atoms with Crippen LogP contribution < -0.4 is 15.2 Å². The Labute approximate surface area is 291 Å². The number of carboxylic acids is 1. The number of rotatable bonds is 15. The Hall–Kier alpha value is -2.63. The fraction of sp³-hybridized carbons (Fsp3) is 0.595. The van der Waals surface area contributed by atoms with E-state index in [4.69, 9.17) is 31.5 Å². The van der Waals surface area contributed by atoms with E-state index in [0.29, 0.717) is 56.3 Å². The first kappa shape index (κ1) is 38.2. The van der Waals surface area contributed by atoms with Gasteiger partial charge in [0.1, 0.15) is 16.4 Å². The number of unbranched alkanes of at least 4 members (excludes halogenated alkanes) is 1. The van der Waals surface area contributed by atoms with E-state index in [1.165, 1.54) is 6.07 Å². The molecule has 0 saturated carbocycles. The number of nitrogens with zero attached hydrogens (tertiary/aromatic N) is 1. The van der Waals surface area contributed by atoms with Gasteiger partial charge in [0.2, 0.25) is 10.0 Å². The van der Waals surface area contributed by atoms with E-state index in [1.807, 2.05) is 19.9 Å². The molecule has 0 radical (unpaired) electrons. The SMILES string of the molecule is C=C(C)[C@@H]1CC2(CCN(S(=O)(=O)c3cc(Cl)ccc3OCCCN)CC2)[C@@H](CCCC)O[C@H]1c1c(C)cc(C(C)C)cc1OCC(=O)O. The van der Waals surface area contributed by atoms with Crippen molar-refractivity contribution in [2.24, 2.45) is 17.1 Å². The number of aliphatic carboxylic acids is 1. The maximum absolute atomic E-state index is 14.0. The molecule has 2 aliphatic rings. The van der Waals surface area contributed by atoms with Crippen molar-refractivity contribution in [2.75, 3.05) is 32.8 Å². The summed E-state index contributed by atoms with van der Waals surface area (Å²) in [5.74, 6) is -0.0635. The third kappa shape index (κ3) is 8.56.